The average molecular weight is 218 g/mol. The van der Waals surface area contributed by atoms with Gasteiger partial charge in [-0.2, -0.15) is 0 Å². The van der Waals surface area contributed by atoms with Crippen LogP contribution in [0.1, 0.15) is 6.92 Å². The minimum Gasteiger partial charge on any atom is -0.476 e. The Labute approximate surface area is 81.3 Å². The SMILES string of the molecule is CCNCC1=NC(C(=O)O)=CS1(=O)=O. The Morgan fingerprint density at radius 3 is 2.71 bits per heavy atom. The van der Waals surface area contributed by atoms with Crippen LogP contribution in [0.25, 0.3) is 0 Å². The van der Waals surface area contributed by atoms with Gasteiger partial charge in [-0.05, 0) is 6.54 Å². The predicted octanol–water partition coefficient (Wildman–Crippen LogP) is -0.651. The summed E-state index contributed by atoms with van der Waals surface area (Å²) >= 11 is 0. The summed E-state index contributed by atoms with van der Waals surface area (Å²) < 4.78 is 22.5. The monoisotopic (exact) mass is 218 g/mol. The van der Waals surface area contributed by atoms with Gasteiger partial charge >= 0.3 is 5.97 Å². The lowest BCUT2D eigenvalue weighted by molar-refractivity contribution is -0.132. The second-order valence-electron chi connectivity index (χ2n) is 2.64. The number of carboxylic acid groups (broad SMARTS) is 1. The van der Waals surface area contributed by atoms with Crippen molar-refractivity contribution in [1.29, 1.82) is 0 Å². The van der Waals surface area contributed by atoms with E-state index in [1.54, 1.807) is 0 Å². The molecule has 2 N–H and O–H groups in total. The predicted molar refractivity (Wildman–Crippen MR) is 50.6 cm³/mol. The van der Waals surface area contributed by atoms with E-state index in [1.807, 2.05) is 6.92 Å². The van der Waals surface area contributed by atoms with Crippen LogP contribution < -0.4 is 5.32 Å². The largest absolute Gasteiger partial charge is 0.476 e. The third-order valence-electron chi connectivity index (χ3n) is 1.59. The maximum Gasteiger partial charge on any atom is 0.355 e. The first kappa shape index (κ1) is 10.9. The zero-order valence-electron chi connectivity index (χ0n) is 7.52. The normalized spacial score (nSPS) is 18.9. The fraction of sp³-hybridized carbons (Fsp3) is 0.429. The Balaban J connectivity index is 2.90. The highest BCUT2D eigenvalue weighted by Crippen LogP contribution is 2.14. The molecule has 0 saturated heterocycles. The number of aliphatic carboxylic acids is 1. The highest BCUT2D eigenvalue weighted by molar-refractivity contribution is 8.09. The van der Waals surface area contributed by atoms with Gasteiger partial charge in [0.2, 0.25) is 9.84 Å². The molecule has 1 aliphatic heterocycles. The van der Waals surface area contributed by atoms with E-state index >= 15 is 0 Å². The van der Waals surface area contributed by atoms with Gasteiger partial charge in [-0.1, -0.05) is 6.92 Å². The molecule has 1 heterocycles. The molecule has 0 aromatic rings. The molecule has 1 rings (SSSR count). The maximum absolute atomic E-state index is 11.3. The molecule has 78 valence electrons. The molecule has 7 heteroatoms. The lowest BCUT2D eigenvalue weighted by Crippen LogP contribution is -2.26. The minimum atomic E-state index is -3.61. The number of aliphatic imine (C=N–C) groups is 1. The van der Waals surface area contributed by atoms with Gasteiger partial charge in [-0.15, -0.1) is 0 Å². The van der Waals surface area contributed by atoms with Gasteiger partial charge in [0, 0.05) is 6.54 Å². The minimum absolute atomic E-state index is 0.0616. The van der Waals surface area contributed by atoms with Gasteiger partial charge in [-0.25, -0.2) is 18.2 Å². The Morgan fingerprint density at radius 1 is 1.64 bits per heavy atom. The Hall–Kier alpha value is -1.21. The van der Waals surface area contributed by atoms with Gasteiger partial charge in [0.05, 0.1) is 5.41 Å². The molecule has 0 bridgehead atoms. The molecule has 0 unspecified atom stereocenters. The molecule has 0 aromatic carbocycles. The van der Waals surface area contributed by atoms with Gasteiger partial charge in [-0.3, -0.25) is 0 Å². The number of hydrogen-bond acceptors (Lipinski definition) is 5. The Morgan fingerprint density at radius 2 is 2.29 bits per heavy atom. The molecular formula is C7H10N2O4S. The quantitative estimate of drug-likeness (QED) is 0.653. The first-order chi connectivity index (χ1) is 6.47. The standard InChI is InChI=1S/C7H10N2O4S/c1-2-8-3-6-9-5(7(10)11)4-14(6,12)13/h4,8H,2-3H2,1H3,(H,10,11). The summed E-state index contributed by atoms with van der Waals surface area (Å²) in [7, 11) is -3.61. The molecule has 14 heavy (non-hydrogen) atoms. The van der Waals surface area contributed by atoms with Crippen molar-refractivity contribution in [2.75, 3.05) is 13.1 Å². The van der Waals surface area contributed by atoms with E-state index in [0.29, 0.717) is 12.0 Å². The highest BCUT2D eigenvalue weighted by atomic mass is 32.2. The molecule has 1 aliphatic rings. The summed E-state index contributed by atoms with van der Waals surface area (Å²) in [4.78, 5) is 14.0. The molecule has 0 radical (unpaired) electrons. The van der Waals surface area contributed by atoms with E-state index in [2.05, 4.69) is 10.3 Å². The van der Waals surface area contributed by atoms with Crippen molar-refractivity contribution in [2.24, 2.45) is 4.99 Å². The first-order valence-corrected chi connectivity index (χ1v) is 5.50. The van der Waals surface area contributed by atoms with Crippen molar-refractivity contribution in [3.8, 4) is 0 Å². The average Bonchev–Trinajstić information content (AvgIpc) is 2.38. The fourth-order valence-electron chi connectivity index (χ4n) is 0.910. The zero-order valence-corrected chi connectivity index (χ0v) is 8.34. The highest BCUT2D eigenvalue weighted by Gasteiger charge is 2.27. The summed E-state index contributed by atoms with van der Waals surface area (Å²) in [6, 6.07) is 0. The van der Waals surface area contributed by atoms with E-state index in [0.717, 1.165) is 0 Å². The molecule has 0 amide bonds. The van der Waals surface area contributed by atoms with Crippen LogP contribution in [0.3, 0.4) is 0 Å². The fourth-order valence-corrected chi connectivity index (χ4v) is 2.02. The van der Waals surface area contributed by atoms with E-state index in [1.165, 1.54) is 0 Å². The van der Waals surface area contributed by atoms with Crippen LogP contribution >= 0.6 is 0 Å². The smallest absolute Gasteiger partial charge is 0.355 e. The first-order valence-electron chi connectivity index (χ1n) is 3.95. The summed E-state index contributed by atoms with van der Waals surface area (Å²) in [5.41, 5.74) is -0.432. The van der Waals surface area contributed by atoms with Crippen molar-refractivity contribution in [3.05, 3.63) is 11.1 Å². The van der Waals surface area contributed by atoms with E-state index in [9.17, 15) is 13.2 Å². The van der Waals surface area contributed by atoms with Crippen molar-refractivity contribution < 1.29 is 18.3 Å². The van der Waals surface area contributed by atoms with Crippen LogP contribution in [-0.2, 0) is 14.6 Å². The molecule has 0 aromatic heterocycles. The number of carbonyl (C=O) groups is 1. The number of carboxylic acids is 1. The lowest BCUT2D eigenvalue weighted by Gasteiger charge is -1.99. The number of nitrogens with one attached hydrogen (secondary N) is 1. The lowest BCUT2D eigenvalue weighted by atomic mass is 10.5. The molecule has 0 aliphatic carbocycles. The van der Waals surface area contributed by atoms with Gasteiger partial charge < -0.3 is 10.4 Å². The number of rotatable bonds is 4. The van der Waals surface area contributed by atoms with E-state index in [-0.39, 0.29) is 11.6 Å². The third-order valence-corrected chi connectivity index (χ3v) is 3.01. The van der Waals surface area contributed by atoms with Gasteiger partial charge in [0.25, 0.3) is 0 Å². The molecular weight excluding hydrogens is 208 g/mol. The topological polar surface area (TPSA) is 95.8 Å². The summed E-state index contributed by atoms with van der Waals surface area (Å²) in [6.07, 6.45) is 0. The summed E-state index contributed by atoms with van der Waals surface area (Å²) in [5, 5.41) is 11.8. The second-order valence-corrected chi connectivity index (χ2v) is 4.44. The summed E-state index contributed by atoms with van der Waals surface area (Å²) in [5.74, 6) is -1.33. The Bertz CT molecular complexity index is 407. The van der Waals surface area contributed by atoms with Crippen LogP contribution in [0.15, 0.2) is 16.1 Å². The molecule has 0 spiro atoms. The van der Waals surface area contributed by atoms with Crippen LogP contribution in [0.5, 0.6) is 0 Å². The van der Waals surface area contributed by atoms with Crippen LogP contribution in [0.2, 0.25) is 0 Å². The van der Waals surface area contributed by atoms with Crippen LogP contribution in [0.4, 0.5) is 0 Å². The third kappa shape index (κ3) is 2.18. The van der Waals surface area contributed by atoms with Gasteiger partial charge in [0.15, 0.2) is 10.7 Å². The van der Waals surface area contributed by atoms with Crippen LogP contribution in [-0.4, -0.2) is 37.6 Å². The maximum atomic E-state index is 11.3. The van der Waals surface area contributed by atoms with E-state index < -0.39 is 21.5 Å². The van der Waals surface area contributed by atoms with Crippen molar-refractivity contribution in [1.82, 2.24) is 5.32 Å². The molecule has 0 fully saturated rings. The number of nitrogens with zero attached hydrogens (tertiary/aromatic N) is 1. The van der Waals surface area contributed by atoms with Crippen molar-refractivity contribution >= 4 is 20.9 Å². The number of hydrogen-bond donors (Lipinski definition) is 2. The molecule has 0 saturated carbocycles. The van der Waals surface area contributed by atoms with Crippen LogP contribution in [0, 0.1) is 0 Å². The van der Waals surface area contributed by atoms with Crippen molar-refractivity contribution in [3.63, 3.8) is 0 Å². The van der Waals surface area contributed by atoms with Crippen molar-refractivity contribution in [2.45, 2.75) is 6.92 Å². The molecule has 0 atom stereocenters. The Kier molecular flexibility index (Phi) is 3.02. The van der Waals surface area contributed by atoms with E-state index in [4.69, 9.17) is 5.11 Å². The van der Waals surface area contributed by atoms with Gasteiger partial charge in [0.1, 0.15) is 0 Å². The number of sulfone groups is 1. The zero-order chi connectivity index (χ0) is 10.8. The summed E-state index contributed by atoms with van der Waals surface area (Å²) in [6.45, 7) is 2.47. The second kappa shape index (κ2) is 3.89. The molecule has 6 nitrogen and oxygen atoms in total.